The second kappa shape index (κ2) is 6.21. The third-order valence-electron chi connectivity index (χ3n) is 5.72. The number of aryl methyl sites for hydroxylation is 1. The first-order valence-corrected chi connectivity index (χ1v) is 9.74. The minimum Gasteiger partial charge on any atom is -0.376 e. The highest BCUT2D eigenvalue weighted by Crippen LogP contribution is 2.29. The van der Waals surface area contributed by atoms with Crippen molar-refractivity contribution < 1.29 is 0 Å². The lowest BCUT2D eigenvalue weighted by Crippen LogP contribution is -2.14. The number of rotatable bonds is 2. The number of nitrogens with zero attached hydrogens (tertiary/aromatic N) is 1. The van der Waals surface area contributed by atoms with Gasteiger partial charge in [-0.1, -0.05) is 25.1 Å². The Labute approximate surface area is 166 Å². The fourth-order valence-corrected chi connectivity index (χ4v) is 4.35. The molecule has 0 atom stereocenters. The molecule has 5 nitrogen and oxygen atoms in total. The first-order chi connectivity index (χ1) is 14.0. The number of hydrogen-bond donors (Lipinski definition) is 2. The van der Waals surface area contributed by atoms with Gasteiger partial charge in [0.2, 0.25) is 0 Å². The lowest BCUT2D eigenvalue weighted by molar-refractivity contribution is 1.13. The van der Waals surface area contributed by atoms with Crippen molar-refractivity contribution in [3.8, 4) is 0 Å². The van der Waals surface area contributed by atoms with Gasteiger partial charge < -0.3 is 14.9 Å². The van der Waals surface area contributed by atoms with E-state index >= 15 is 0 Å². The molecule has 0 aliphatic rings. The summed E-state index contributed by atoms with van der Waals surface area (Å²) in [5.41, 5.74) is 4.80. The monoisotopic (exact) mass is 383 g/mol. The maximum Gasteiger partial charge on any atom is 0.197 e. The molecular formula is C24H21N3O2. The zero-order valence-corrected chi connectivity index (χ0v) is 16.6. The Kier molecular flexibility index (Phi) is 3.74. The van der Waals surface area contributed by atoms with Crippen molar-refractivity contribution in [3.05, 3.63) is 74.5 Å². The van der Waals surface area contributed by atoms with Gasteiger partial charge in [-0.25, -0.2) is 0 Å². The minimum atomic E-state index is -0.0249. The first-order valence-electron chi connectivity index (χ1n) is 9.74. The normalized spacial score (nSPS) is 11.7. The van der Waals surface area contributed by atoms with E-state index in [1.54, 1.807) is 0 Å². The van der Waals surface area contributed by atoms with Crippen LogP contribution in [-0.2, 0) is 6.42 Å². The van der Waals surface area contributed by atoms with Gasteiger partial charge in [0.1, 0.15) is 0 Å². The fraction of sp³-hybridized carbons (Fsp3) is 0.167. The van der Waals surface area contributed by atoms with Crippen molar-refractivity contribution in [2.45, 2.75) is 13.3 Å². The van der Waals surface area contributed by atoms with Crippen LogP contribution in [0.1, 0.15) is 12.5 Å². The number of fused-ring (bicyclic) bond motifs is 4. The second-order valence-electron chi connectivity index (χ2n) is 7.60. The average molecular weight is 383 g/mol. The van der Waals surface area contributed by atoms with Crippen molar-refractivity contribution in [1.82, 2.24) is 9.97 Å². The van der Waals surface area contributed by atoms with Crippen LogP contribution in [0.2, 0.25) is 0 Å². The molecule has 0 bridgehead atoms. The Bertz CT molecular complexity index is 1560. The zero-order valence-electron chi connectivity index (χ0n) is 16.6. The molecule has 0 saturated carbocycles. The van der Waals surface area contributed by atoms with Gasteiger partial charge >= 0.3 is 0 Å². The van der Waals surface area contributed by atoms with Crippen LogP contribution < -0.4 is 15.8 Å². The fourth-order valence-electron chi connectivity index (χ4n) is 4.35. The molecule has 2 N–H and O–H groups in total. The van der Waals surface area contributed by atoms with Gasteiger partial charge in [0, 0.05) is 35.8 Å². The largest absolute Gasteiger partial charge is 0.376 e. The van der Waals surface area contributed by atoms with Crippen LogP contribution >= 0.6 is 0 Å². The van der Waals surface area contributed by atoms with Crippen LogP contribution in [0.25, 0.3) is 43.6 Å². The Morgan fingerprint density at radius 1 is 0.793 bits per heavy atom. The third kappa shape index (κ3) is 2.40. The van der Waals surface area contributed by atoms with Crippen LogP contribution in [0.15, 0.2) is 58.1 Å². The quantitative estimate of drug-likeness (QED) is 0.447. The zero-order chi connectivity index (χ0) is 20.3. The summed E-state index contributed by atoms with van der Waals surface area (Å²) in [6.45, 7) is 2.02. The molecule has 29 heavy (non-hydrogen) atoms. The van der Waals surface area contributed by atoms with Crippen LogP contribution in [0.5, 0.6) is 0 Å². The molecule has 5 heteroatoms. The van der Waals surface area contributed by atoms with E-state index < -0.39 is 0 Å². The number of H-pyrrole nitrogens is 2. The summed E-state index contributed by atoms with van der Waals surface area (Å²) in [4.78, 5) is 35.5. The summed E-state index contributed by atoms with van der Waals surface area (Å²) >= 11 is 0. The topological polar surface area (TPSA) is 69.0 Å². The van der Waals surface area contributed by atoms with E-state index in [-0.39, 0.29) is 10.9 Å². The van der Waals surface area contributed by atoms with Crippen LogP contribution in [0.3, 0.4) is 0 Å². The molecule has 0 fully saturated rings. The standard InChI is InChI=1S/C24H21N3O2/c1-4-13-20-18(25-17-10-6-5-8-14(17)24(20)29)12-16-21(13)26-22-15(23(16)28)9-7-11-19(22)27(2)3/h5-12H,4H2,1-3H3,(H,25,29)(H,26,28). The maximum atomic E-state index is 13.4. The molecule has 5 rings (SSSR count). The average Bonchev–Trinajstić information content (AvgIpc) is 2.72. The third-order valence-corrected chi connectivity index (χ3v) is 5.72. The molecule has 3 aromatic carbocycles. The predicted octanol–water partition coefficient (Wildman–Crippen LogP) is 4.30. The predicted molar refractivity (Wildman–Crippen MR) is 121 cm³/mol. The number of aromatic amines is 2. The summed E-state index contributed by atoms with van der Waals surface area (Å²) in [5, 5.41) is 2.55. The Morgan fingerprint density at radius 2 is 1.55 bits per heavy atom. The summed E-state index contributed by atoms with van der Waals surface area (Å²) < 4.78 is 0. The SMILES string of the molecule is CCc1c2[nH]c3c(N(C)C)cccc3c(=O)c2cc2[nH]c3ccccc3c(=O)c12. The molecule has 2 heterocycles. The highest BCUT2D eigenvalue weighted by atomic mass is 16.1. The van der Waals surface area contributed by atoms with E-state index in [1.807, 2.05) is 74.4 Å². The molecule has 0 radical (unpaired) electrons. The summed E-state index contributed by atoms with van der Waals surface area (Å²) in [6, 6.07) is 15.0. The molecule has 144 valence electrons. The van der Waals surface area contributed by atoms with Crippen molar-refractivity contribution in [2.24, 2.45) is 0 Å². The Balaban J connectivity index is 2.07. The molecule has 0 saturated heterocycles. The summed E-state index contributed by atoms with van der Waals surface area (Å²) in [7, 11) is 3.91. The highest BCUT2D eigenvalue weighted by molar-refractivity contribution is 6.07. The molecule has 0 aliphatic heterocycles. The van der Waals surface area contributed by atoms with Crippen LogP contribution in [0, 0.1) is 0 Å². The smallest absolute Gasteiger partial charge is 0.197 e. The van der Waals surface area contributed by atoms with Gasteiger partial charge in [-0.15, -0.1) is 0 Å². The summed E-state index contributed by atoms with van der Waals surface area (Å²) in [5.74, 6) is 0. The highest BCUT2D eigenvalue weighted by Gasteiger charge is 2.17. The number of anilines is 1. The lowest BCUT2D eigenvalue weighted by Gasteiger charge is -2.17. The molecule has 2 aromatic heterocycles. The van der Waals surface area contributed by atoms with Crippen molar-refractivity contribution in [3.63, 3.8) is 0 Å². The van der Waals surface area contributed by atoms with E-state index in [1.165, 1.54) is 0 Å². The van der Waals surface area contributed by atoms with Crippen molar-refractivity contribution in [2.75, 3.05) is 19.0 Å². The molecule has 0 aliphatic carbocycles. The lowest BCUT2D eigenvalue weighted by atomic mass is 9.98. The van der Waals surface area contributed by atoms with Gasteiger partial charge in [-0.05, 0) is 42.3 Å². The summed E-state index contributed by atoms with van der Waals surface area (Å²) in [6.07, 6.45) is 0.640. The van der Waals surface area contributed by atoms with E-state index in [9.17, 15) is 9.59 Å². The molecule has 0 amide bonds. The van der Waals surface area contributed by atoms with Crippen LogP contribution in [0.4, 0.5) is 5.69 Å². The van der Waals surface area contributed by atoms with E-state index in [4.69, 9.17) is 0 Å². The number of nitrogens with one attached hydrogen (secondary N) is 2. The number of hydrogen-bond acceptors (Lipinski definition) is 3. The second-order valence-corrected chi connectivity index (χ2v) is 7.60. The Hall–Kier alpha value is -3.60. The Morgan fingerprint density at radius 3 is 2.31 bits per heavy atom. The van der Waals surface area contributed by atoms with Gasteiger partial charge in [-0.2, -0.15) is 0 Å². The number of pyridine rings is 2. The molecule has 0 unspecified atom stereocenters. The van der Waals surface area contributed by atoms with Gasteiger partial charge in [0.25, 0.3) is 0 Å². The van der Waals surface area contributed by atoms with Gasteiger partial charge in [0.05, 0.1) is 27.6 Å². The van der Waals surface area contributed by atoms with Crippen molar-refractivity contribution in [1.29, 1.82) is 0 Å². The van der Waals surface area contributed by atoms with E-state index in [0.29, 0.717) is 33.5 Å². The number of benzene rings is 3. The van der Waals surface area contributed by atoms with Crippen LogP contribution in [-0.4, -0.2) is 24.1 Å². The van der Waals surface area contributed by atoms with Gasteiger partial charge in [-0.3, -0.25) is 9.59 Å². The minimum absolute atomic E-state index is 0.00468. The number of aromatic nitrogens is 2. The molecule has 0 spiro atoms. The molecular weight excluding hydrogens is 362 g/mol. The van der Waals surface area contributed by atoms with E-state index in [0.717, 1.165) is 27.8 Å². The van der Waals surface area contributed by atoms with Crippen molar-refractivity contribution >= 4 is 49.3 Å². The maximum absolute atomic E-state index is 13.4. The number of para-hydroxylation sites is 2. The first kappa shape index (κ1) is 17.5. The van der Waals surface area contributed by atoms with E-state index in [2.05, 4.69) is 9.97 Å². The molecule has 5 aromatic rings. The van der Waals surface area contributed by atoms with Gasteiger partial charge in [0.15, 0.2) is 10.9 Å².